The zero-order valence-electron chi connectivity index (χ0n) is 4.33. The fraction of sp³-hybridized carbons (Fsp3) is 0.600. The summed E-state index contributed by atoms with van der Waals surface area (Å²) in [5.74, 6) is -1.16. The van der Waals surface area contributed by atoms with E-state index >= 15 is 0 Å². The van der Waals surface area contributed by atoms with Crippen molar-refractivity contribution in [2.45, 2.75) is 6.42 Å². The van der Waals surface area contributed by atoms with Crippen molar-refractivity contribution in [3.8, 4) is 0 Å². The lowest BCUT2D eigenvalue weighted by atomic mass is 10.1. The van der Waals surface area contributed by atoms with Gasteiger partial charge in [0.05, 0.1) is 12.5 Å². The summed E-state index contributed by atoms with van der Waals surface area (Å²) in [6.07, 6.45) is 0.620. The minimum absolute atomic E-state index is 0.366. The average Bonchev–Trinajstić information content (AvgIpc) is 2.12. The maximum atomic E-state index is 10.1. The molecule has 0 aliphatic carbocycles. The molecule has 8 heavy (non-hydrogen) atoms. The van der Waals surface area contributed by atoms with Crippen LogP contribution in [0.15, 0.2) is 0 Å². The van der Waals surface area contributed by atoms with Gasteiger partial charge in [0.15, 0.2) is 0 Å². The summed E-state index contributed by atoms with van der Waals surface area (Å²) in [7, 11) is 0. The van der Waals surface area contributed by atoms with Crippen LogP contribution in [0.2, 0.25) is 0 Å². The maximum Gasteiger partial charge on any atom is 0.309 e. The quantitative estimate of drug-likeness (QED) is 0.533. The van der Waals surface area contributed by atoms with E-state index in [1.807, 2.05) is 0 Å². The number of carboxylic acids is 1. The van der Waals surface area contributed by atoms with Gasteiger partial charge in [0.25, 0.3) is 0 Å². The van der Waals surface area contributed by atoms with Crippen molar-refractivity contribution >= 4 is 5.97 Å². The summed E-state index contributed by atoms with van der Waals surface area (Å²) in [5, 5.41) is 8.30. The molecule has 1 saturated heterocycles. The summed E-state index contributed by atoms with van der Waals surface area (Å²) in [6.45, 7) is 1.93. The van der Waals surface area contributed by atoms with E-state index in [1.54, 1.807) is 0 Å². The Labute approximate surface area is 47.3 Å². The van der Waals surface area contributed by atoms with Gasteiger partial charge in [0, 0.05) is 6.61 Å². The van der Waals surface area contributed by atoms with Gasteiger partial charge in [-0.15, -0.1) is 0 Å². The highest BCUT2D eigenvalue weighted by molar-refractivity contribution is 5.71. The van der Waals surface area contributed by atoms with E-state index in [0.29, 0.717) is 13.0 Å². The van der Waals surface area contributed by atoms with Gasteiger partial charge in [0.2, 0.25) is 0 Å². The SMILES string of the molecule is O=C(O)C1[CH]OCC1. The number of carboxylic acid groups (broad SMARTS) is 1. The Kier molecular flexibility index (Phi) is 1.48. The Morgan fingerprint density at radius 1 is 1.88 bits per heavy atom. The number of aliphatic carboxylic acids is 1. The largest absolute Gasteiger partial charge is 0.481 e. The number of hydrogen-bond donors (Lipinski definition) is 1. The third-order valence-electron chi connectivity index (χ3n) is 1.12. The number of hydrogen-bond acceptors (Lipinski definition) is 2. The van der Waals surface area contributed by atoms with Crippen molar-refractivity contribution < 1.29 is 14.6 Å². The molecular formula is C5H7O3. The average molecular weight is 115 g/mol. The predicted molar refractivity (Wildman–Crippen MR) is 26.0 cm³/mol. The second-order valence-electron chi connectivity index (χ2n) is 1.74. The maximum absolute atomic E-state index is 10.1. The van der Waals surface area contributed by atoms with Crippen LogP contribution >= 0.6 is 0 Å². The molecule has 0 spiro atoms. The molecule has 3 nitrogen and oxygen atoms in total. The van der Waals surface area contributed by atoms with E-state index in [9.17, 15) is 4.79 Å². The Morgan fingerprint density at radius 2 is 2.62 bits per heavy atom. The Hall–Kier alpha value is -0.570. The Bertz CT molecular complexity index is 93.8. The van der Waals surface area contributed by atoms with E-state index in [0.717, 1.165) is 0 Å². The van der Waals surface area contributed by atoms with Crippen LogP contribution in [0, 0.1) is 12.5 Å². The molecule has 1 unspecified atom stereocenters. The molecule has 3 heteroatoms. The first kappa shape index (κ1) is 5.56. The zero-order chi connectivity index (χ0) is 5.98. The topological polar surface area (TPSA) is 46.5 Å². The molecule has 0 aromatic heterocycles. The van der Waals surface area contributed by atoms with Gasteiger partial charge in [-0.3, -0.25) is 4.79 Å². The van der Waals surface area contributed by atoms with Crippen molar-refractivity contribution in [3.05, 3.63) is 6.61 Å². The lowest BCUT2D eigenvalue weighted by Crippen LogP contribution is -2.08. The summed E-state index contributed by atoms with van der Waals surface area (Å²) in [6, 6.07) is 0. The van der Waals surface area contributed by atoms with E-state index in [-0.39, 0.29) is 5.92 Å². The lowest BCUT2D eigenvalue weighted by Gasteiger charge is -1.94. The monoisotopic (exact) mass is 115 g/mol. The van der Waals surface area contributed by atoms with Gasteiger partial charge in [0.1, 0.15) is 0 Å². The molecule has 1 radical (unpaired) electrons. The van der Waals surface area contributed by atoms with Crippen LogP contribution in [-0.2, 0) is 9.53 Å². The fourth-order valence-corrected chi connectivity index (χ4v) is 0.629. The second kappa shape index (κ2) is 2.13. The molecule has 0 aromatic carbocycles. The molecule has 0 aromatic rings. The Morgan fingerprint density at radius 3 is 2.88 bits per heavy atom. The summed E-state index contributed by atoms with van der Waals surface area (Å²) in [4.78, 5) is 10.1. The van der Waals surface area contributed by atoms with Crippen LogP contribution in [0.25, 0.3) is 0 Å². The van der Waals surface area contributed by atoms with Crippen molar-refractivity contribution in [1.82, 2.24) is 0 Å². The molecule has 0 saturated carbocycles. The third kappa shape index (κ3) is 0.980. The van der Waals surface area contributed by atoms with Gasteiger partial charge in [-0.05, 0) is 6.42 Å². The number of ether oxygens (including phenoxy) is 1. The molecule has 0 bridgehead atoms. The van der Waals surface area contributed by atoms with E-state index in [4.69, 9.17) is 9.84 Å². The smallest absolute Gasteiger partial charge is 0.309 e. The molecule has 1 aliphatic rings. The normalized spacial score (nSPS) is 28.2. The van der Waals surface area contributed by atoms with E-state index < -0.39 is 5.97 Å². The lowest BCUT2D eigenvalue weighted by molar-refractivity contribution is -0.140. The Balaban J connectivity index is 2.35. The number of carbonyl (C=O) groups is 1. The van der Waals surface area contributed by atoms with Crippen LogP contribution < -0.4 is 0 Å². The summed E-state index contributed by atoms with van der Waals surface area (Å²) >= 11 is 0. The van der Waals surface area contributed by atoms with Crippen molar-refractivity contribution in [2.24, 2.45) is 5.92 Å². The molecule has 0 amide bonds. The number of rotatable bonds is 1. The van der Waals surface area contributed by atoms with Gasteiger partial charge in [-0.1, -0.05) is 0 Å². The van der Waals surface area contributed by atoms with Crippen LogP contribution in [0.4, 0.5) is 0 Å². The minimum atomic E-state index is -0.789. The molecular weight excluding hydrogens is 108 g/mol. The van der Waals surface area contributed by atoms with Crippen molar-refractivity contribution in [3.63, 3.8) is 0 Å². The van der Waals surface area contributed by atoms with Gasteiger partial charge >= 0.3 is 5.97 Å². The molecule has 1 fully saturated rings. The molecule has 1 aliphatic heterocycles. The predicted octanol–water partition coefficient (Wildman–Crippen LogP) is 0.269. The van der Waals surface area contributed by atoms with Crippen LogP contribution in [0.3, 0.4) is 0 Å². The highest BCUT2D eigenvalue weighted by atomic mass is 16.5. The van der Waals surface area contributed by atoms with Crippen molar-refractivity contribution in [1.29, 1.82) is 0 Å². The fourth-order valence-electron chi connectivity index (χ4n) is 0.629. The minimum Gasteiger partial charge on any atom is -0.481 e. The van der Waals surface area contributed by atoms with Gasteiger partial charge in [-0.2, -0.15) is 0 Å². The van der Waals surface area contributed by atoms with Crippen LogP contribution in [0.5, 0.6) is 0 Å². The van der Waals surface area contributed by atoms with Crippen LogP contribution in [-0.4, -0.2) is 17.7 Å². The standard InChI is InChI=1S/C5H7O3/c6-5(7)4-1-2-8-3-4/h3-4H,1-2H2,(H,6,7). The van der Waals surface area contributed by atoms with E-state index in [2.05, 4.69) is 0 Å². The zero-order valence-corrected chi connectivity index (χ0v) is 4.33. The first-order valence-corrected chi connectivity index (χ1v) is 2.48. The summed E-state index contributed by atoms with van der Waals surface area (Å²) < 4.78 is 4.71. The van der Waals surface area contributed by atoms with E-state index in [1.165, 1.54) is 6.61 Å². The molecule has 1 heterocycles. The molecule has 1 atom stereocenters. The highest BCUT2D eigenvalue weighted by Gasteiger charge is 2.22. The molecule has 1 N–H and O–H groups in total. The second-order valence-corrected chi connectivity index (χ2v) is 1.74. The first-order valence-electron chi connectivity index (χ1n) is 2.48. The van der Waals surface area contributed by atoms with Gasteiger partial charge in [-0.25, -0.2) is 0 Å². The molecule has 1 rings (SSSR count). The van der Waals surface area contributed by atoms with Crippen LogP contribution in [0.1, 0.15) is 6.42 Å². The van der Waals surface area contributed by atoms with Crippen molar-refractivity contribution in [2.75, 3.05) is 6.61 Å². The van der Waals surface area contributed by atoms with Gasteiger partial charge < -0.3 is 9.84 Å². The third-order valence-corrected chi connectivity index (χ3v) is 1.12. The highest BCUT2D eigenvalue weighted by Crippen LogP contribution is 2.15. The molecule has 45 valence electrons. The first-order chi connectivity index (χ1) is 3.80. The summed E-state index contributed by atoms with van der Waals surface area (Å²) in [5.41, 5.74) is 0.